The molecule has 1 fully saturated rings. The highest BCUT2D eigenvalue weighted by molar-refractivity contribution is 5.21. The molecular formula is C16H27N3. The molecule has 0 bridgehead atoms. The number of piperazine rings is 1. The third kappa shape index (κ3) is 4.94. The Bertz CT molecular complexity index is 353. The zero-order chi connectivity index (χ0) is 13.5. The van der Waals surface area contributed by atoms with E-state index in [2.05, 4.69) is 41.0 Å². The average Bonchev–Trinajstić information content (AvgIpc) is 2.44. The van der Waals surface area contributed by atoms with E-state index in [0.717, 1.165) is 19.5 Å². The van der Waals surface area contributed by atoms with E-state index in [4.69, 9.17) is 5.73 Å². The Hall–Kier alpha value is -0.900. The molecule has 0 unspecified atom stereocenters. The summed E-state index contributed by atoms with van der Waals surface area (Å²) in [6.45, 7) is 10.1. The van der Waals surface area contributed by atoms with Crippen molar-refractivity contribution in [2.45, 2.75) is 26.3 Å². The maximum Gasteiger partial charge on any atom is 0.0234 e. The molecule has 1 aliphatic rings. The van der Waals surface area contributed by atoms with Crippen molar-refractivity contribution in [1.29, 1.82) is 0 Å². The van der Waals surface area contributed by atoms with E-state index in [-0.39, 0.29) is 0 Å². The van der Waals surface area contributed by atoms with E-state index in [0.29, 0.717) is 0 Å². The van der Waals surface area contributed by atoms with E-state index < -0.39 is 0 Å². The van der Waals surface area contributed by atoms with Gasteiger partial charge in [0.25, 0.3) is 0 Å². The maximum atomic E-state index is 5.54. The van der Waals surface area contributed by atoms with Gasteiger partial charge in [0, 0.05) is 32.7 Å². The lowest BCUT2D eigenvalue weighted by atomic mass is 10.1. The summed E-state index contributed by atoms with van der Waals surface area (Å²) in [7, 11) is 0. The van der Waals surface area contributed by atoms with Gasteiger partial charge < -0.3 is 10.6 Å². The van der Waals surface area contributed by atoms with E-state index in [1.807, 2.05) is 0 Å². The molecule has 106 valence electrons. The number of hydrogen-bond donors (Lipinski definition) is 1. The molecule has 0 spiro atoms. The fourth-order valence-electron chi connectivity index (χ4n) is 2.60. The fraction of sp³-hybridized carbons (Fsp3) is 0.625. The van der Waals surface area contributed by atoms with Crippen LogP contribution in [0, 0.1) is 6.92 Å². The Morgan fingerprint density at radius 2 is 1.58 bits per heavy atom. The molecule has 0 amide bonds. The van der Waals surface area contributed by atoms with E-state index >= 15 is 0 Å². The highest BCUT2D eigenvalue weighted by Gasteiger charge is 2.16. The Morgan fingerprint density at radius 3 is 2.21 bits per heavy atom. The molecular weight excluding hydrogens is 234 g/mol. The molecule has 3 heteroatoms. The van der Waals surface area contributed by atoms with Crippen LogP contribution in [0.1, 0.15) is 24.0 Å². The molecule has 2 N–H and O–H groups in total. The standard InChI is InChI=1S/C16H27N3/c1-15-4-6-16(7-5-15)14-19-12-10-18(11-13-19)9-3-2-8-17/h4-7H,2-3,8-14,17H2,1H3. The van der Waals surface area contributed by atoms with Crippen LogP contribution in [0.3, 0.4) is 0 Å². The second kappa shape index (κ2) is 7.63. The van der Waals surface area contributed by atoms with E-state index in [1.54, 1.807) is 0 Å². The monoisotopic (exact) mass is 261 g/mol. The number of benzene rings is 1. The van der Waals surface area contributed by atoms with Crippen molar-refractivity contribution in [2.24, 2.45) is 5.73 Å². The lowest BCUT2D eigenvalue weighted by Gasteiger charge is -2.34. The zero-order valence-electron chi connectivity index (χ0n) is 12.1. The molecule has 1 aromatic rings. The van der Waals surface area contributed by atoms with Crippen molar-refractivity contribution < 1.29 is 0 Å². The van der Waals surface area contributed by atoms with Gasteiger partial charge in [-0.25, -0.2) is 0 Å². The first-order valence-electron chi connectivity index (χ1n) is 7.48. The predicted molar refractivity (Wildman–Crippen MR) is 81.2 cm³/mol. The van der Waals surface area contributed by atoms with Gasteiger partial charge in [-0.1, -0.05) is 29.8 Å². The Balaban J connectivity index is 1.69. The van der Waals surface area contributed by atoms with Crippen LogP contribution in [0.4, 0.5) is 0 Å². The molecule has 0 aromatic heterocycles. The number of hydrogen-bond acceptors (Lipinski definition) is 3. The number of rotatable bonds is 6. The molecule has 0 radical (unpaired) electrons. The highest BCUT2D eigenvalue weighted by Crippen LogP contribution is 2.10. The van der Waals surface area contributed by atoms with Crippen LogP contribution >= 0.6 is 0 Å². The summed E-state index contributed by atoms with van der Waals surface area (Å²) in [4.78, 5) is 5.13. The first kappa shape index (κ1) is 14.5. The summed E-state index contributed by atoms with van der Waals surface area (Å²) in [6, 6.07) is 8.92. The minimum Gasteiger partial charge on any atom is -0.330 e. The molecule has 3 nitrogen and oxygen atoms in total. The van der Waals surface area contributed by atoms with Crippen LogP contribution < -0.4 is 5.73 Å². The summed E-state index contributed by atoms with van der Waals surface area (Å²) in [6.07, 6.45) is 2.40. The van der Waals surface area contributed by atoms with Gasteiger partial charge in [0.1, 0.15) is 0 Å². The molecule has 1 aliphatic heterocycles. The van der Waals surface area contributed by atoms with E-state index in [9.17, 15) is 0 Å². The maximum absolute atomic E-state index is 5.54. The summed E-state index contributed by atoms with van der Waals surface area (Å²) < 4.78 is 0. The molecule has 1 aromatic carbocycles. The molecule has 2 rings (SSSR count). The van der Waals surface area contributed by atoms with Gasteiger partial charge in [-0.3, -0.25) is 4.90 Å². The van der Waals surface area contributed by atoms with Crippen molar-refractivity contribution in [3.05, 3.63) is 35.4 Å². The van der Waals surface area contributed by atoms with Gasteiger partial charge in [0.05, 0.1) is 0 Å². The second-order valence-electron chi connectivity index (χ2n) is 5.60. The van der Waals surface area contributed by atoms with Gasteiger partial charge in [0.15, 0.2) is 0 Å². The van der Waals surface area contributed by atoms with Gasteiger partial charge in [0.2, 0.25) is 0 Å². The highest BCUT2D eigenvalue weighted by atomic mass is 15.3. The van der Waals surface area contributed by atoms with Crippen molar-refractivity contribution in [1.82, 2.24) is 9.80 Å². The molecule has 1 heterocycles. The normalized spacial score (nSPS) is 17.8. The zero-order valence-corrected chi connectivity index (χ0v) is 12.1. The smallest absolute Gasteiger partial charge is 0.0234 e. The SMILES string of the molecule is Cc1ccc(CN2CCN(CCCCN)CC2)cc1. The van der Waals surface area contributed by atoms with Crippen LogP contribution in [-0.4, -0.2) is 49.1 Å². The van der Waals surface area contributed by atoms with Crippen LogP contribution in [0.15, 0.2) is 24.3 Å². The quantitative estimate of drug-likeness (QED) is 0.793. The van der Waals surface area contributed by atoms with Crippen molar-refractivity contribution >= 4 is 0 Å². The van der Waals surface area contributed by atoms with Gasteiger partial charge in [-0.05, 0) is 38.4 Å². The number of aryl methyl sites for hydroxylation is 1. The van der Waals surface area contributed by atoms with Crippen molar-refractivity contribution in [3.63, 3.8) is 0 Å². The second-order valence-corrected chi connectivity index (χ2v) is 5.60. The topological polar surface area (TPSA) is 32.5 Å². The van der Waals surface area contributed by atoms with Crippen LogP contribution in [0.5, 0.6) is 0 Å². The van der Waals surface area contributed by atoms with E-state index in [1.165, 1.54) is 50.3 Å². The van der Waals surface area contributed by atoms with Crippen LogP contribution in [-0.2, 0) is 6.54 Å². The van der Waals surface area contributed by atoms with Gasteiger partial charge in [-0.15, -0.1) is 0 Å². The lowest BCUT2D eigenvalue weighted by Crippen LogP contribution is -2.46. The summed E-state index contributed by atoms with van der Waals surface area (Å²) in [5.74, 6) is 0. The van der Waals surface area contributed by atoms with Gasteiger partial charge in [-0.2, -0.15) is 0 Å². The number of nitrogens with zero attached hydrogens (tertiary/aromatic N) is 2. The lowest BCUT2D eigenvalue weighted by molar-refractivity contribution is 0.126. The average molecular weight is 261 g/mol. The molecule has 0 aliphatic carbocycles. The first-order chi connectivity index (χ1) is 9.28. The Labute approximate surface area is 117 Å². The van der Waals surface area contributed by atoms with Crippen molar-refractivity contribution in [2.75, 3.05) is 39.3 Å². The minimum atomic E-state index is 0.827. The number of nitrogens with two attached hydrogens (primary N) is 1. The van der Waals surface area contributed by atoms with Crippen LogP contribution in [0.25, 0.3) is 0 Å². The summed E-state index contributed by atoms with van der Waals surface area (Å²) >= 11 is 0. The number of unbranched alkanes of at least 4 members (excludes halogenated alkanes) is 1. The molecule has 0 atom stereocenters. The molecule has 0 saturated carbocycles. The van der Waals surface area contributed by atoms with Crippen LogP contribution in [0.2, 0.25) is 0 Å². The Morgan fingerprint density at radius 1 is 0.947 bits per heavy atom. The largest absolute Gasteiger partial charge is 0.330 e. The predicted octanol–water partition coefficient (Wildman–Crippen LogP) is 1.85. The Kier molecular flexibility index (Phi) is 5.83. The molecule has 1 saturated heterocycles. The summed E-state index contributed by atoms with van der Waals surface area (Å²) in [5, 5.41) is 0. The minimum absolute atomic E-state index is 0.827. The third-order valence-corrected chi connectivity index (χ3v) is 3.92. The first-order valence-corrected chi connectivity index (χ1v) is 7.48. The molecule has 19 heavy (non-hydrogen) atoms. The summed E-state index contributed by atoms with van der Waals surface area (Å²) in [5.41, 5.74) is 8.31. The third-order valence-electron chi connectivity index (χ3n) is 3.92. The van der Waals surface area contributed by atoms with Crippen molar-refractivity contribution in [3.8, 4) is 0 Å². The van der Waals surface area contributed by atoms with Gasteiger partial charge >= 0.3 is 0 Å². The fourth-order valence-corrected chi connectivity index (χ4v) is 2.60.